The molecular formula is C13H13FN2S. The van der Waals surface area contributed by atoms with Crippen LogP contribution in [0.25, 0.3) is 0 Å². The van der Waals surface area contributed by atoms with E-state index in [0.717, 1.165) is 10.5 Å². The molecule has 0 spiro atoms. The Morgan fingerprint density at radius 2 is 2.00 bits per heavy atom. The van der Waals surface area contributed by atoms with Gasteiger partial charge < -0.3 is 5.73 Å². The molecule has 0 amide bonds. The van der Waals surface area contributed by atoms with Gasteiger partial charge in [-0.15, -0.1) is 11.8 Å². The molecular weight excluding hydrogens is 235 g/mol. The average Bonchev–Trinajstić information content (AvgIpc) is 2.37. The summed E-state index contributed by atoms with van der Waals surface area (Å²) in [6, 6.07) is 10.4. The van der Waals surface area contributed by atoms with Gasteiger partial charge in [0.15, 0.2) is 0 Å². The third-order valence-electron chi connectivity index (χ3n) is 2.36. The van der Waals surface area contributed by atoms with E-state index in [2.05, 4.69) is 4.98 Å². The molecule has 1 aromatic heterocycles. The zero-order valence-electron chi connectivity index (χ0n) is 9.21. The molecule has 1 heterocycles. The number of thioether (sulfide) groups is 1. The summed E-state index contributed by atoms with van der Waals surface area (Å²) in [5.41, 5.74) is 6.66. The van der Waals surface area contributed by atoms with Crippen molar-refractivity contribution in [3.63, 3.8) is 0 Å². The number of hydrogen-bond acceptors (Lipinski definition) is 3. The fourth-order valence-corrected chi connectivity index (χ4v) is 2.53. The van der Waals surface area contributed by atoms with Gasteiger partial charge in [0.2, 0.25) is 0 Å². The van der Waals surface area contributed by atoms with Crippen LogP contribution in [0.3, 0.4) is 0 Å². The van der Waals surface area contributed by atoms with Crippen molar-refractivity contribution in [2.45, 2.75) is 10.1 Å². The third kappa shape index (κ3) is 3.28. The van der Waals surface area contributed by atoms with Crippen LogP contribution in [0.2, 0.25) is 0 Å². The van der Waals surface area contributed by atoms with Crippen molar-refractivity contribution >= 4 is 11.8 Å². The number of nitrogens with zero attached hydrogens (tertiary/aromatic N) is 1. The van der Waals surface area contributed by atoms with E-state index in [-0.39, 0.29) is 11.1 Å². The van der Waals surface area contributed by atoms with Crippen LogP contribution >= 0.6 is 11.8 Å². The lowest BCUT2D eigenvalue weighted by Crippen LogP contribution is -2.09. The molecule has 0 saturated heterocycles. The molecule has 17 heavy (non-hydrogen) atoms. The predicted molar refractivity (Wildman–Crippen MR) is 68.3 cm³/mol. The van der Waals surface area contributed by atoms with Crippen molar-refractivity contribution in [1.82, 2.24) is 4.98 Å². The van der Waals surface area contributed by atoms with Crippen LogP contribution in [0.1, 0.15) is 10.8 Å². The van der Waals surface area contributed by atoms with E-state index in [9.17, 15) is 4.39 Å². The molecule has 2 N–H and O–H groups in total. The van der Waals surface area contributed by atoms with Gasteiger partial charge in [0.25, 0.3) is 0 Å². The van der Waals surface area contributed by atoms with Crippen molar-refractivity contribution in [3.8, 4) is 0 Å². The largest absolute Gasteiger partial charge is 0.329 e. The van der Waals surface area contributed by atoms with Crippen LogP contribution in [-0.4, -0.2) is 11.5 Å². The molecule has 1 atom stereocenters. The van der Waals surface area contributed by atoms with Gasteiger partial charge >= 0.3 is 0 Å². The Hall–Kier alpha value is -1.39. The molecule has 1 aromatic carbocycles. The molecule has 0 bridgehead atoms. The molecule has 88 valence electrons. The topological polar surface area (TPSA) is 38.9 Å². The SMILES string of the molecule is NCC(Sc1ccncc1)c1cccc(F)c1. The van der Waals surface area contributed by atoms with E-state index in [1.54, 1.807) is 30.2 Å². The summed E-state index contributed by atoms with van der Waals surface area (Å²) in [4.78, 5) is 5.04. The molecule has 0 saturated carbocycles. The molecule has 4 heteroatoms. The summed E-state index contributed by atoms with van der Waals surface area (Å²) in [6.45, 7) is 0.469. The summed E-state index contributed by atoms with van der Waals surface area (Å²) in [5, 5.41) is 0.0631. The van der Waals surface area contributed by atoms with E-state index in [1.807, 2.05) is 18.2 Å². The molecule has 0 radical (unpaired) electrons. The van der Waals surface area contributed by atoms with E-state index in [0.29, 0.717) is 6.54 Å². The number of nitrogens with two attached hydrogens (primary N) is 1. The van der Waals surface area contributed by atoms with Gasteiger partial charge in [-0.05, 0) is 29.8 Å². The maximum absolute atomic E-state index is 13.1. The maximum Gasteiger partial charge on any atom is 0.123 e. The Labute approximate surface area is 104 Å². The maximum atomic E-state index is 13.1. The summed E-state index contributed by atoms with van der Waals surface area (Å²) in [6.07, 6.45) is 3.48. The summed E-state index contributed by atoms with van der Waals surface area (Å²) >= 11 is 1.62. The van der Waals surface area contributed by atoms with Crippen molar-refractivity contribution in [2.24, 2.45) is 5.73 Å². The van der Waals surface area contributed by atoms with E-state index >= 15 is 0 Å². The summed E-state index contributed by atoms with van der Waals surface area (Å²) in [7, 11) is 0. The van der Waals surface area contributed by atoms with Crippen LogP contribution in [0, 0.1) is 5.82 Å². The highest BCUT2D eigenvalue weighted by molar-refractivity contribution is 7.99. The number of benzene rings is 1. The molecule has 0 aliphatic heterocycles. The minimum Gasteiger partial charge on any atom is -0.329 e. The molecule has 2 rings (SSSR count). The molecule has 2 aromatic rings. The fraction of sp³-hybridized carbons (Fsp3) is 0.154. The van der Waals surface area contributed by atoms with Crippen molar-refractivity contribution in [1.29, 1.82) is 0 Å². The van der Waals surface area contributed by atoms with Gasteiger partial charge in [0.1, 0.15) is 5.82 Å². The quantitative estimate of drug-likeness (QED) is 0.845. The summed E-state index contributed by atoms with van der Waals surface area (Å²) in [5.74, 6) is -0.226. The third-order valence-corrected chi connectivity index (χ3v) is 3.66. The van der Waals surface area contributed by atoms with Crippen LogP contribution in [0.5, 0.6) is 0 Å². The van der Waals surface area contributed by atoms with Gasteiger partial charge in [-0.3, -0.25) is 4.98 Å². The molecule has 0 aliphatic carbocycles. The lowest BCUT2D eigenvalue weighted by Gasteiger charge is -2.14. The predicted octanol–water partition coefficient (Wildman–Crippen LogP) is 3.01. The van der Waals surface area contributed by atoms with Crippen LogP contribution in [0.4, 0.5) is 4.39 Å². The lowest BCUT2D eigenvalue weighted by atomic mass is 10.1. The number of hydrogen-bond donors (Lipinski definition) is 1. The first-order chi connectivity index (χ1) is 8.29. The van der Waals surface area contributed by atoms with Gasteiger partial charge in [0.05, 0.1) is 0 Å². The Balaban J connectivity index is 2.17. The number of halogens is 1. The number of pyridine rings is 1. The van der Waals surface area contributed by atoms with Crippen LogP contribution < -0.4 is 5.73 Å². The Kier molecular flexibility index (Phi) is 4.12. The number of rotatable bonds is 4. The van der Waals surface area contributed by atoms with E-state index in [4.69, 9.17) is 5.73 Å². The lowest BCUT2D eigenvalue weighted by molar-refractivity contribution is 0.625. The Bertz CT molecular complexity index is 476. The highest BCUT2D eigenvalue weighted by Crippen LogP contribution is 2.34. The zero-order chi connectivity index (χ0) is 12.1. The van der Waals surface area contributed by atoms with Gasteiger partial charge in [-0.1, -0.05) is 12.1 Å². The van der Waals surface area contributed by atoms with Gasteiger partial charge in [-0.25, -0.2) is 4.39 Å². The van der Waals surface area contributed by atoms with Crippen molar-refractivity contribution in [2.75, 3.05) is 6.54 Å². The molecule has 0 fully saturated rings. The molecule has 2 nitrogen and oxygen atoms in total. The minimum atomic E-state index is -0.226. The zero-order valence-corrected chi connectivity index (χ0v) is 10.0. The minimum absolute atomic E-state index is 0.0631. The van der Waals surface area contributed by atoms with Gasteiger partial charge in [0, 0.05) is 29.1 Å². The first-order valence-corrected chi connectivity index (χ1v) is 6.20. The Morgan fingerprint density at radius 1 is 1.24 bits per heavy atom. The highest BCUT2D eigenvalue weighted by atomic mass is 32.2. The first kappa shape index (κ1) is 12.1. The standard InChI is InChI=1S/C13H13FN2S/c14-11-3-1-2-10(8-11)13(9-15)17-12-4-6-16-7-5-12/h1-8,13H,9,15H2. The smallest absolute Gasteiger partial charge is 0.123 e. The van der Waals surface area contributed by atoms with Crippen LogP contribution in [-0.2, 0) is 0 Å². The fourth-order valence-electron chi connectivity index (χ4n) is 1.54. The monoisotopic (exact) mass is 248 g/mol. The van der Waals surface area contributed by atoms with E-state index < -0.39 is 0 Å². The van der Waals surface area contributed by atoms with E-state index in [1.165, 1.54) is 12.1 Å². The summed E-state index contributed by atoms with van der Waals surface area (Å²) < 4.78 is 13.1. The Morgan fingerprint density at radius 3 is 2.65 bits per heavy atom. The van der Waals surface area contributed by atoms with Crippen LogP contribution in [0.15, 0.2) is 53.7 Å². The first-order valence-electron chi connectivity index (χ1n) is 5.32. The second-order valence-corrected chi connectivity index (χ2v) is 4.86. The molecule has 0 aliphatic rings. The second-order valence-electron chi connectivity index (χ2n) is 3.58. The highest BCUT2D eigenvalue weighted by Gasteiger charge is 2.11. The average molecular weight is 248 g/mol. The normalized spacial score (nSPS) is 12.4. The molecule has 1 unspecified atom stereocenters. The van der Waals surface area contributed by atoms with Crippen molar-refractivity contribution in [3.05, 3.63) is 60.2 Å². The number of aromatic nitrogens is 1. The van der Waals surface area contributed by atoms with Crippen molar-refractivity contribution < 1.29 is 4.39 Å². The van der Waals surface area contributed by atoms with Gasteiger partial charge in [-0.2, -0.15) is 0 Å². The second kappa shape index (κ2) is 5.80.